The van der Waals surface area contributed by atoms with Gasteiger partial charge in [-0.15, -0.1) is 0 Å². The molecule has 0 aliphatic heterocycles. The molecule has 0 spiro atoms. The first-order valence-corrected chi connectivity index (χ1v) is 5.98. The molecule has 0 radical (unpaired) electrons. The summed E-state index contributed by atoms with van der Waals surface area (Å²) < 4.78 is 0. The zero-order valence-corrected chi connectivity index (χ0v) is 11.0. The summed E-state index contributed by atoms with van der Waals surface area (Å²) in [5.74, 6) is -0.386. The summed E-state index contributed by atoms with van der Waals surface area (Å²) in [6.45, 7) is 0. The van der Waals surface area contributed by atoms with Crippen LogP contribution < -0.4 is 5.32 Å². The van der Waals surface area contributed by atoms with Crippen molar-refractivity contribution in [2.75, 3.05) is 5.32 Å². The number of hydrogen-bond donors (Lipinski definition) is 1. The molecule has 2 aromatic rings. The average Bonchev–Trinajstić information content (AvgIpc) is 2.43. The van der Waals surface area contributed by atoms with Gasteiger partial charge in [-0.2, -0.15) is 5.26 Å². The maximum Gasteiger partial charge on any atom is 0.255 e. The topological polar surface area (TPSA) is 65.8 Å². The van der Waals surface area contributed by atoms with E-state index in [2.05, 4.69) is 10.3 Å². The number of carbonyl (C=O) groups is 1. The molecule has 1 aromatic carbocycles. The van der Waals surface area contributed by atoms with Gasteiger partial charge in [-0.1, -0.05) is 23.2 Å². The van der Waals surface area contributed by atoms with Gasteiger partial charge in [-0.3, -0.25) is 4.79 Å². The van der Waals surface area contributed by atoms with Crippen LogP contribution in [0.15, 0.2) is 36.5 Å². The number of benzene rings is 1. The van der Waals surface area contributed by atoms with Crippen molar-refractivity contribution >= 4 is 34.8 Å². The number of pyridine rings is 1. The number of nitrogens with zero attached hydrogens (tertiary/aromatic N) is 2. The number of carbonyl (C=O) groups excluding carboxylic acids is 1. The summed E-state index contributed by atoms with van der Waals surface area (Å²) in [6.07, 6.45) is 1.40. The molecule has 6 heteroatoms. The SMILES string of the molecule is N#Cc1cc(C(=O)Nc2cc(Cl)ccc2Cl)ccn1. The lowest BCUT2D eigenvalue weighted by atomic mass is 10.2. The molecule has 1 amide bonds. The summed E-state index contributed by atoms with van der Waals surface area (Å²) in [7, 11) is 0. The second-order valence-corrected chi connectivity index (χ2v) is 4.46. The predicted octanol–water partition coefficient (Wildman–Crippen LogP) is 3.51. The van der Waals surface area contributed by atoms with Crippen LogP contribution in [0.5, 0.6) is 0 Å². The Morgan fingerprint density at radius 2 is 2.05 bits per heavy atom. The summed E-state index contributed by atoms with van der Waals surface area (Å²) in [5.41, 5.74) is 0.905. The van der Waals surface area contributed by atoms with E-state index in [9.17, 15) is 4.79 Å². The van der Waals surface area contributed by atoms with Gasteiger partial charge in [0.05, 0.1) is 10.7 Å². The predicted molar refractivity (Wildman–Crippen MR) is 73.4 cm³/mol. The Kier molecular flexibility index (Phi) is 4.00. The fourth-order valence-corrected chi connectivity index (χ4v) is 1.76. The number of hydrogen-bond acceptors (Lipinski definition) is 3. The Labute approximate surface area is 119 Å². The first kappa shape index (κ1) is 13.3. The fourth-order valence-electron chi connectivity index (χ4n) is 1.42. The van der Waals surface area contributed by atoms with Crippen LogP contribution >= 0.6 is 23.2 Å². The van der Waals surface area contributed by atoms with Crippen molar-refractivity contribution in [3.63, 3.8) is 0 Å². The summed E-state index contributed by atoms with van der Waals surface area (Å²) in [4.78, 5) is 15.8. The van der Waals surface area contributed by atoms with Crippen molar-refractivity contribution in [1.82, 2.24) is 4.98 Å². The number of nitrogens with one attached hydrogen (secondary N) is 1. The first-order chi connectivity index (χ1) is 9.10. The van der Waals surface area contributed by atoms with E-state index in [1.165, 1.54) is 18.3 Å². The highest BCUT2D eigenvalue weighted by molar-refractivity contribution is 6.35. The van der Waals surface area contributed by atoms with Gasteiger partial charge in [0, 0.05) is 16.8 Å². The van der Waals surface area contributed by atoms with Gasteiger partial charge in [0.15, 0.2) is 0 Å². The third-order valence-corrected chi connectivity index (χ3v) is 2.88. The van der Waals surface area contributed by atoms with Crippen LogP contribution in [0.25, 0.3) is 0 Å². The van der Waals surface area contributed by atoms with Crippen LogP contribution in [-0.2, 0) is 0 Å². The van der Waals surface area contributed by atoms with Gasteiger partial charge in [-0.25, -0.2) is 4.98 Å². The van der Waals surface area contributed by atoms with E-state index in [4.69, 9.17) is 28.5 Å². The summed E-state index contributed by atoms with van der Waals surface area (Å²) in [6, 6.07) is 9.54. The Hall–Kier alpha value is -2.09. The highest BCUT2D eigenvalue weighted by Crippen LogP contribution is 2.25. The van der Waals surface area contributed by atoms with E-state index in [1.54, 1.807) is 18.2 Å². The number of nitriles is 1. The Morgan fingerprint density at radius 3 is 2.79 bits per heavy atom. The van der Waals surface area contributed by atoms with Crippen molar-refractivity contribution in [2.24, 2.45) is 0 Å². The lowest BCUT2D eigenvalue weighted by molar-refractivity contribution is 0.102. The van der Waals surface area contributed by atoms with E-state index in [1.807, 2.05) is 6.07 Å². The van der Waals surface area contributed by atoms with Gasteiger partial charge in [0.25, 0.3) is 5.91 Å². The molecule has 1 aromatic heterocycles. The van der Waals surface area contributed by atoms with E-state index in [0.717, 1.165) is 0 Å². The summed E-state index contributed by atoms with van der Waals surface area (Å²) >= 11 is 11.8. The Balaban J connectivity index is 2.26. The monoisotopic (exact) mass is 291 g/mol. The largest absolute Gasteiger partial charge is 0.321 e. The molecule has 19 heavy (non-hydrogen) atoms. The minimum absolute atomic E-state index is 0.171. The molecular weight excluding hydrogens is 285 g/mol. The molecule has 0 atom stereocenters. The van der Waals surface area contributed by atoms with Crippen molar-refractivity contribution < 1.29 is 4.79 Å². The van der Waals surface area contributed by atoms with Crippen molar-refractivity contribution in [1.29, 1.82) is 5.26 Å². The van der Waals surface area contributed by atoms with Crippen LogP contribution in [0, 0.1) is 11.3 Å². The number of rotatable bonds is 2. The highest BCUT2D eigenvalue weighted by Gasteiger charge is 2.10. The van der Waals surface area contributed by atoms with Crippen LogP contribution in [0.1, 0.15) is 16.1 Å². The Morgan fingerprint density at radius 1 is 1.26 bits per heavy atom. The standard InChI is InChI=1S/C13H7Cl2N3O/c14-9-1-2-11(15)12(6-9)18-13(19)8-3-4-17-10(5-8)7-16/h1-6H,(H,18,19). The van der Waals surface area contributed by atoms with Crippen LogP contribution in [0.2, 0.25) is 10.0 Å². The van der Waals surface area contributed by atoms with Gasteiger partial charge >= 0.3 is 0 Å². The lowest BCUT2D eigenvalue weighted by Gasteiger charge is -2.07. The second-order valence-electron chi connectivity index (χ2n) is 3.62. The molecule has 1 heterocycles. The maximum atomic E-state index is 12.0. The average molecular weight is 292 g/mol. The highest BCUT2D eigenvalue weighted by atomic mass is 35.5. The number of amides is 1. The molecule has 0 saturated heterocycles. The maximum absolute atomic E-state index is 12.0. The van der Waals surface area contributed by atoms with Crippen LogP contribution in [0.3, 0.4) is 0 Å². The third-order valence-electron chi connectivity index (χ3n) is 2.31. The van der Waals surface area contributed by atoms with E-state index < -0.39 is 0 Å². The zero-order chi connectivity index (χ0) is 13.8. The molecule has 94 valence electrons. The minimum Gasteiger partial charge on any atom is -0.321 e. The van der Waals surface area contributed by atoms with Gasteiger partial charge in [0.1, 0.15) is 11.8 Å². The molecule has 1 N–H and O–H groups in total. The van der Waals surface area contributed by atoms with E-state index in [0.29, 0.717) is 21.3 Å². The zero-order valence-electron chi connectivity index (χ0n) is 9.52. The Bertz CT molecular complexity index is 680. The van der Waals surface area contributed by atoms with Crippen molar-refractivity contribution in [3.05, 3.63) is 57.8 Å². The number of aromatic nitrogens is 1. The first-order valence-electron chi connectivity index (χ1n) is 5.22. The molecule has 4 nitrogen and oxygen atoms in total. The minimum atomic E-state index is -0.386. The van der Waals surface area contributed by atoms with Crippen LogP contribution in [-0.4, -0.2) is 10.9 Å². The van der Waals surface area contributed by atoms with Gasteiger partial charge < -0.3 is 5.32 Å². The van der Waals surface area contributed by atoms with Gasteiger partial charge in [-0.05, 0) is 30.3 Å². The molecule has 0 aliphatic rings. The molecule has 0 unspecified atom stereocenters. The molecule has 0 bridgehead atoms. The lowest BCUT2D eigenvalue weighted by Crippen LogP contribution is -2.12. The van der Waals surface area contributed by atoms with Crippen LogP contribution in [0.4, 0.5) is 5.69 Å². The number of halogens is 2. The molecule has 2 rings (SSSR count). The van der Waals surface area contributed by atoms with Crippen molar-refractivity contribution in [3.8, 4) is 6.07 Å². The summed E-state index contributed by atoms with van der Waals surface area (Å²) in [5, 5.41) is 12.2. The molecular formula is C13H7Cl2N3O. The van der Waals surface area contributed by atoms with E-state index in [-0.39, 0.29) is 11.6 Å². The molecule has 0 saturated carbocycles. The molecule has 0 aliphatic carbocycles. The fraction of sp³-hybridized carbons (Fsp3) is 0. The molecule has 0 fully saturated rings. The van der Waals surface area contributed by atoms with Crippen molar-refractivity contribution in [2.45, 2.75) is 0 Å². The quantitative estimate of drug-likeness (QED) is 0.921. The van der Waals surface area contributed by atoms with E-state index >= 15 is 0 Å². The van der Waals surface area contributed by atoms with Gasteiger partial charge in [0.2, 0.25) is 0 Å². The second kappa shape index (κ2) is 5.70. The number of anilines is 1. The smallest absolute Gasteiger partial charge is 0.255 e. The third kappa shape index (κ3) is 3.22. The normalized spacial score (nSPS) is 9.74.